The zero-order valence-corrected chi connectivity index (χ0v) is 10.6. The Kier molecular flexibility index (Phi) is 4.45. The van der Waals surface area contributed by atoms with Gasteiger partial charge < -0.3 is 10.1 Å². The molecule has 1 N–H and O–H groups in total. The number of ether oxygens (including phenoxy) is 1. The molecule has 1 fully saturated rings. The minimum Gasteiger partial charge on any atom is -0.381 e. The van der Waals surface area contributed by atoms with Crippen molar-refractivity contribution in [1.29, 1.82) is 0 Å². The molecule has 0 aliphatic carbocycles. The van der Waals surface area contributed by atoms with Crippen LogP contribution in [0.2, 0.25) is 0 Å². The molecule has 1 aromatic heterocycles. The maximum Gasteiger partial charge on any atom is 0.131 e. The van der Waals surface area contributed by atoms with E-state index in [1.54, 1.807) is 0 Å². The molecule has 4 nitrogen and oxygen atoms in total. The molecule has 4 heteroatoms. The molecule has 0 bridgehead atoms. The molecule has 94 valence electrons. The van der Waals surface area contributed by atoms with E-state index in [0.717, 1.165) is 44.0 Å². The highest BCUT2D eigenvalue weighted by molar-refractivity contribution is 5.07. The number of rotatable bonds is 4. The fourth-order valence-electron chi connectivity index (χ4n) is 1.94. The van der Waals surface area contributed by atoms with Gasteiger partial charge in [-0.2, -0.15) is 0 Å². The van der Waals surface area contributed by atoms with E-state index in [0.29, 0.717) is 12.0 Å². The van der Waals surface area contributed by atoms with Crippen LogP contribution in [0, 0.1) is 0 Å². The van der Waals surface area contributed by atoms with Gasteiger partial charge >= 0.3 is 0 Å². The Morgan fingerprint density at radius 2 is 1.94 bits per heavy atom. The van der Waals surface area contributed by atoms with Crippen LogP contribution >= 0.6 is 0 Å². The number of hydrogen-bond acceptors (Lipinski definition) is 4. The summed E-state index contributed by atoms with van der Waals surface area (Å²) in [5, 5.41) is 3.36. The molecule has 1 aromatic rings. The molecular weight excluding hydrogens is 214 g/mol. The minimum atomic E-state index is 0.482. The number of hydrogen-bond donors (Lipinski definition) is 1. The normalized spacial score (nSPS) is 17.6. The van der Waals surface area contributed by atoms with E-state index in [-0.39, 0.29) is 0 Å². The molecule has 0 unspecified atom stereocenters. The molecule has 0 spiro atoms. The number of nitrogens with zero attached hydrogens (tertiary/aromatic N) is 2. The van der Waals surface area contributed by atoms with Crippen molar-refractivity contribution in [2.24, 2.45) is 0 Å². The lowest BCUT2D eigenvalue weighted by Crippen LogP contribution is -2.22. The first kappa shape index (κ1) is 12.5. The number of aromatic nitrogens is 2. The van der Waals surface area contributed by atoms with Crippen LogP contribution in [0.5, 0.6) is 0 Å². The standard InChI is InChI=1S/C13H21N3O/c1-10(2)14-7-11-8-15-13(16-9-11)12-3-5-17-6-4-12/h8-10,12,14H,3-7H2,1-2H3. The van der Waals surface area contributed by atoms with E-state index in [1.807, 2.05) is 12.4 Å². The van der Waals surface area contributed by atoms with Gasteiger partial charge in [0, 0.05) is 49.7 Å². The van der Waals surface area contributed by atoms with E-state index in [1.165, 1.54) is 0 Å². The van der Waals surface area contributed by atoms with Crippen molar-refractivity contribution in [1.82, 2.24) is 15.3 Å². The van der Waals surface area contributed by atoms with Crippen LogP contribution in [0.4, 0.5) is 0 Å². The fourth-order valence-corrected chi connectivity index (χ4v) is 1.94. The van der Waals surface area contributed by atoms with Gasteiger partial charge in [0.2, 0.25) is 0 Å². The lowest BCUT2D eigenvalue weighted by atomic mass is 9.99. The van der Waals surface area contributed by atoms with Crippen molar-refractivity contribution in [2.75, 3.05) is 13.2 Å². The van der Waals surface area contributed by atoms with Gasteiger partial charge in [-0.25, -0.2) is 9.97 Å². The molecule has 0 radical (unpaired) electrons. The molecule has 0 saturated carbocycles. The molecule has 17 heavy (non-hydrogen) atoms. The summed E-state index contributed by atoms with van der Waals surface area (Å²) in [6, 6.07) is 0.491. The van der Waals surface area contributed by atoms with Crippen molar-refractivity contribution in [3.63, 3.8) is 0 Å². The molecule has 1 aliphatic rings. The van der Waals surface area contributed by atoms with Gasteiger partial charge in [-0.1, -0.05) is 13.8 Å². The molecular formula is C13H21N3O. The molecule has 1 aliphatic heterocycles. The van der Waals surface area contributed by atoms with Gasteiger partial charge in [-0.15, -0.1) is 0 Å². The highest BCUT2D eigenvalue weighted by Crippen LogP contribution is 2.23. The average molecular weight is 235 g/mol. The topological polar surface area (TPSA) is 47.0 Å². The summed E-state index contributed by atoms with van der Waals surface area (Å²) in [5.41, 5.74) is 1.15. The Bertz CT molecular complexity index is 331. The highest BCUT2D eigenvalue weighted by Gasteiger charge is 2.18. The van der Waals surface area contributed by atoms with E-state index >= 15 is 0 Å². The summed E-state index contributed by atoms with van der Waals surface area (Å²) in [4.78, 5) is 8.95. The van der Waals surface area contributed by atoms with Gasteiger partial charge in [-0.3, -0.25) is 0 Å². The van der Waals surface area contributed by atoms with Crippen LogP contribution in [-0.2, 0) is 11.3 Å². The summed E-state index contributed by atoms with van der Waals surface area (Å²) >= 11 is 0. The number of nitrogens with one attached hydrogen (secondary N) is 1. The molecule has 0 aromatic carbocycles. The van der Waals surface area contributed by atoms with Gasteiger partial charge in [0.05, 0.1) is 0 Å². The lowest BCUT2D eigenvalue weighted by Gasteiger charge is -2.20. The van der Waals surface area contributed by atoms with Crippen molar-refractivity contribution in [2.45, 2.75) is 45.2 Å². The summed E-state index contributed by atoms with van der Waals surface area (Å²) < 4.78 is 5.34. The first-order valence-electron chi connectivity index (χ1n) is 6.37. The maximum atomic E-state index is 5.34. The average Bonchev–Trinajstić information content (AvgIpc) is 2.38. The maximum absolute atomic E-state index is 5.34. The van der Waals surface area contributed by atoms with E-state index in [4.69, 9.17) is 4.74 Å². The second-order valence-electron chi connectivity index (χ2n) is 4.87. The Morgan fingerprint density at radius 3 is 2.53 bits per heavy atom. The van der Waals surface area contributed by atoms with E-state index in [2.05, 4.69) is 29.1 Å². The van der Waals surface area contributed by atoms with Crippen molar-refractivity contribution in [3.8, 4) is 0 Å². The first-order chi connectivity index (χ1) is 8.25. The monoisotopic (exact) mass is 235 g/mol. The first-order valence-corrected chi connectivity index (χ1v) is 6.37. The van der Waals surface area contributed by atoms with Crippen LogP contribution in [0.25, 0.3) is 0 Å². The Balaban J connectivity index is 1.92. The second-order valence-corrected chi connectivity index (χ2v) is 4.87. The third kappa shape index (κ3) is 3.75. The molecule has 0 atom stereocenters. The summed E-state index contributed by atoms with van der Waals surface area (Å²) in [6.45, 7) is 6.79. The second kappa shape index (κ2) is 6.07. The third-order valence-electron chi connectivity index (χ3n) is 3.03. The van der Waals surface area contributed by atoms with Gasteiger partial charge in [0.25, 0.3) is 0 Å². The summed E-state index contributed by atoms with van der Waals surface area (Å²) in [7, 11) is 0. The Morgan fingerprint density at radius 1 is 1.29 bits per heavy atom. The smallest absolute Gasteiger partial charge is 0.131 e. The largest absolute Gasteiger partial charge is 0.381 e. The lowest BCUT2D eigenvalue weighted by molar-refractivity contribution is 0.0835. The zero-order chi connectivity index (χ0) is 12.1. The fraction of sp³-hybridized carbons (Fsp3) is 0.692. The highest BCUT2D eigenvalue weighted by atomic mass is 16.5. The van der Waals surface area contributed by atoms with Gasteiger partial charge in [-0.05, 0) is 12.8 Å². The van der Waals surface area contributed by atoms with Crippen LogP contribution in [0.15, 0.2) is 12.4 Å². The SMILES string of the molecule is CC(C)NCc1cnc(C2CCOCC2)nc1. The predicted octanol–water partition coefficient (Wildman–Crippen LogP) is 1.87. The van der Waals surface area contributed by atoms with E-state index in [9.17, 15) is 0 Å². The van der Waals surface area contributed by atoms with Gasteiger partial charge in [0.1, 0.15) is 5.82 Å². The Hall–Kier alpha value is -1.00. The molecule has 2 heterocycles. The van der Waals surface area contributed by atoms with Crippen LogP contribution in [0.3, 0.4) is 0 Å². The quantitative estimate of drug-likeness (QED) is 0.865. The molecule has 0 amide bonds. The minimum absolute atomic E-state index is 0.482. The van der Waals surface area contributed by atoms with Crippen LogP contribution < -0.4 is 5.32 Å². The third-order valence-corrected chi connectivity index (χ3v) is 3.03. The Labute approximate surface area is 103 Å². The zero-order valence-electron chi connectivity index (χ0n) is 10.6. The molecule has 2 rings (SSSR count). The van der Waals surface area contributed by atoms with Crippen molar-refractivity contribution >= 4 is 0 Å². The van der Waals surface area contributed by atoms with E-state index < -0.39 is 0 Å². The van der Waals surface area contributed by atoms with Gasteiger partial charge in [0.15, 0.2) is 0 Å². The van der Waals surface area contributed by atoms with Crippen molar-refractivity contribution in [3.05, 3.63) is 23.8 Å². The van der Waals surface area contributed by atoms with Crippen LogP contribution in [0.1, 0.15) is 44.0 Å². The summed E-state index contributed by atoms with van der Waals surface area (Å²) in [5.74, 6) is 1.46. The summed E-state index contributed by atoms with van der Waals surface area (Å²) in [6.07, 6.45) is 5.97. The molecule has 1 saturated heterocycles. The van der Waals surface area contributed by atoms with Crippen LogP contribution in [-0.4, -0.2) is 29.2 Å². The van der Waals surface area contributed by atoms with Crippen molar-refractivity contribution < 1.29 is 4.74 Å². The predicted molar refractivity (Wildman–Crippen MR) is 66.8 cm³/mol.